The van der Waals surface area contributed by atoms with Gasteiger partial charge in [-0.15, -0.1) is 0 Å². The first kappa shape index (κ1) is 14.5. The molecular weight excluding hydrogens is 314 g/mol. The summed E-state index contributed by atoms with van der Waals surface area (Å²) in [5, 5.41) is 3.78. The summed E-state index contributed by atoms with van der Waals surface area (Å²) in [6.07, 6.45) is 7.85. The molecular formula is C16H24BrN3. The zero-order valence-electron chi connectivity index (χ0n) is 12.4. The van der Waals surface area contributed by atoms with E-state index in [0.29, 0.717) is 6.04 Å². The number of rotatable bonds is 4. The van der Waals surface area contributed by atoms with E-state index in [4.69, 9.17) is 0 Å². The van der Waals surface area contributed by atoms with Crippen LogP contribution in [0.15, 0.2) is 22.9 Å². The Morgan fingerprint density at radius 3 is 2.90 bits per heavy atom. The molecule has 0 radical (unpaired) electrons. The minimum absolute atomic E-state index is 0.258. The molecule has 1 saturated heterocycles. The number of piperazine rings is 1. The predicted molar refractivity (Wildman–Crippen MR) is 85.6 cm³/mol. The molecule has 2 aliphatic rings. The van der Waals surface area contributed by atoms with Crippen LogP contribution in [-0.2, 0) is 6.54 Å². The molecule has 20 heavy (non-hydrogen) atoms. The van der Waals surface area contributed by atoms with Crippen molar-refractivity contribution in [3.05, 3.63) is 28.5 Å². The van der Waals surface area contributed by atoms with Crippen LogP contribution in [0.3, 0.4) is 0 Å². The van der Waals surface area contributed by atoms with Crippen LogP contribution in [0.4, 0.5) is 0 Å². The van der Waals surface area contributed by atoms with Crippen molar-refractivity contribution in [1.82, 2.24) is 15.2 Å². The van der Waals surface area contributed by atoms with Gasteiger partial charge in [0.1, 0.15) is 0 Å². The summed E-state index contributed by atoms with van der Waals surface area (Å²) < 4.78 is 1.07. The summed E-state index contributed by atoms with van der Waals surface area (Å²) in [6.45, 7) is 7.95. The zero-order valence-corrected chi connectivity index (χ0v) is 14.0. The van der Waals surface area contributed by atoms with Crippen LogP contribution in [-0.4, -0.2) is 34.6 Å². The summed E-state index contributed by atoms with van der Waals surface area (Å²) in [5.74, 6) is 0.916. The largest absolute Gasteiger partial charge is 0.311 e. The van der Waals surface area contributed by atoms with Gasteiger partial charge in [-0.2, -0.15) is 0 Å². The molecule has 1 aromatic heterocycles. The van der Waals surface area contributed by atoms with E-state index in [1.54, 1.807) is 0 Å². The van der Waals surface area contributed by atoms with Crippen LogP contribution in [0.2, 0.25) is 0 Å². The topological polar surface area (TPSA) is 28.2 Å². The highest BCUT2D eigenvalue weighted by molar-refractivity contribution is 9.10. The van der Waals surface area contributed by atoms with Crippen molar-refractivity contribution < 1.29 is 0 Å². The number of hydrogen-bond donors (Lipinski definition) is 1. The monoisotopic (exact) mass is 337 g/mol. The number of nitrogens with one attached hydrogen (secondary N) is 1. The van der Waals surface area contributed by atoms with Gasteiger partial charge in [-0.05, 0) is 59.7 Å². The predicted octanol–water partition coefficient (Wildman–Crippen LogP) is 3.20. The van der Waals surface area contributed by atoms with E-state index in [1.807, 2.05) is 12.4 Å². The molecule has 4 heteroatoms. The first-order valence-corrected chi connectivity index (χ1v) is 8.48. The molecule has 0 bridgehead atoms. The van der Waals surface area contributed by atoms with Crippen molar-refractivity contribution in [3.8, 4) is 0 Å². The lowest BCUT2D eigenvalue weighted by Crippen LogP contribution is -2.63. The highest BCUT2D eigenvalue weighted by Crippen LogP contribution is 2.36. The summed E-state index contributed by atoms with van der Waals surface area (Å²) in [7, 11) is 0. The summed E-state index contributed by atoms with van der Waals surface area (Å²) in [5.41, 5.74) is 1.56. The van der Waals surface area contributed by atoms with E-state index in [1.165, 1.54) is 31.4 Å². The van der Waals surface area contributed by atoms with Crippen LogP contribution in [0.5, 0.6) is 0 Å². The molecule has 2 fully saturated rings. The van der Waals surface area contributed by atoms with Crippen molar-refractivity contribution in [1.29, 1.82) is 0 Å². The van der Waals surface area contributed by atoms with Crippen molar-refractivity contribution >= 4 is 15.9 Å². The highest BCUT2D eigenvalue weighted by Gasteiger charge is 2.41. The van der Waals surface area contributed by atoms with Gasteiger partial charge in [0.05, 0.1) is 0 Å². The fourth-order valence-electron chi connectivity index (χ4n) is 3.17. The Balaban J connectivity index is 1.75. The second-order valence-electron chi connectivity index (χ2n) is 6.57. The molecule has 0 spiro atoms. The van der Waals surface area contributed by atoms with Gasteiger partial charge in [0, 0.05) is 48.1 Å². The molecule has 1 aliphatic heterocycles. The minimum Gasteiger partial charge on any atom is -0.311 e. The van der Waals surface area contributed by atoms with Gasteiger partial charge in [0.15, 0.2) is 0 Å². The van der Waals surface area contributed by atoms with E-state index >= 15 is 0 Å². The SMILES string of the molecule is CCC1(C)CNC(C2CC2)CN1Cc1cncc(Br)c1. The number of pyridine rings is 1. The van der Waals surface area contributed by atoms with Crippen molar-refractivity contribution in [3.63, 3.8) is 0 Å². The van der Waals surface area contributed by atoms with Gasteiger partial charge in [-0.25, -0.2) is 0 Å². The average Bonchev–Trinajstić information content (AvgIpc) is 3.26. The molecule has 2 heterocycles. The molecule has 2 unspecified atom stereocenters. The Morgan fingerprint density at radius 1 is 1.45 bits per heavy atom. The molecule has 0 aromatic carbocycles. The summed E-state index contributed by atoms with van der Waals surface area (Å²) in [4.78, 5) is 6.96. The van der Waals surface area contributed by atoms with Crippen LogP contribution in [0, 0.1) is 5.92 Å². The zero-order chi connectivity index (χ0) is 14.2. The van der Waals surface area contributed by atoms with Gasteiger partial charge in [0.2, 0.25) is 0 Å². The first-order chi connectivity index (χ1) is 9.60. The average molecular weight is 338 g/mol. The van der Waals surface area contributed by atoms with Crippen LogP contribution in [0.25, 0.3) is 0 Å². The third-order valence-electron chi connectivity index (χ3n) is 5.01. The smallest absolute Gasteiger partial charge is 0.0410 e. The van der Waals surface area contributed by atoms with Gasteiger partial charge >= 0.3 is 0 Å². The quantitative estimate of drug-likeness (QED) is 0.914. The molecule has 0 amide bonds. The van der Waals surface area contributed by atoms with Gasteiger partial charge < -0.3 is 5.32 Å². The van der Waals surface area contributed by atoms with Crippen molar-refractivity contribution in [2.75, 3.05) is 13.1 Å². The molecule has 2 atom stereocenters. The van der Waals surface area contributed by atoms with E-state index in [-0.39, 0.29) is 5.54 Å². The first-order valence-electron chi connectivity index (χ1n) is 7.68. The molecule has 110 valence electrons. The Hall–Kier alpha value is -0.450. The molecule has 3 rings (SSSR count). The maximum absolute atomic E-state index is 4.30. The lowest BCUT2D eigenvalue weighted by atomic mass is 9.90. The minimum atomic E-state index is 0.258. The fourth-order valence-corrected chi connectivity index (χ4v) is 3.58. The van der Waals surface area contributed by atoms with Crippen molar-refractivity contribution in [2.24, 2.45) is 5.92 Å². The number of halogens is 1. The van der Waals surface area contributed by atoms with E-state index in [0.717, 1.165) is 23.5 Å². The van der Waals surface area contributed by atoms with Crippen LogP contribution >= 0.6 is 15.9 Å². The third-order valence-corrected chi connectivity index (χ3v) is 5.45. The maximum atomic E-state index is 4.30. The number of hydrogen-bond acceptors (Lipinski definition) is 3. The molecule has 1 aromatic rings. The van der Waals surface area contributed by atoms with E-state index < -0.39 is 0 Å². The lowest BCUT2D eigenvalue weighted by Gasteiger charge is -2.48. The molecule has 1 saturated carbocycles. The van der Waals surface area contributed by atoms with E-state index in [9.17, 15) is 0 Å². The number of aromatic nitrogens is 1. The van der Waals surface area contributed by atoms with Gasteiger partial charge in [-0.1, -0.05) is 6.92 Å². The molecule has 1 N–H and O–H groups in total. The Kier molecular flexibility index (Phi) is 4.16. The van der Waals surface area contributed by atoms with Gasteiger partial charge in [0.25, 0.3) is 0 Å². The summed E-state index contributed by atoms with van der Waals surface area (Å²) >= 11 is 3.52. The second-order valence-corrected chi connectivity index (χ2v) is 7.48. The normalized spacial score (nSPS) is 31.4. The fraction of sp³-hybridized carbons (Fsp3) is 0.688. The number of nitrogens with zero attached hydrogens (tertiary/aromatic N) is 2. The van der Waals surface area contributed by atoms with Gasteiger partial charge in [-0.3, -0.25) is 9.88 Å². The lowest BCUT2D eigenvalue weighted by molar-refractivity contribution is 0.0368. The van der Waals surface area contributed by atoms with E-state index in [2.05, 4.69) is 51.0 Å². The Morgan fingerprint density at radius 2 is 2.25 bits per heavy atom. The Labute approximate surface area is 130 Å². The molecule has 1 aliphatic carbocycles. The highest BCUT2D eigenvalue weighted by atomic mass is 79.9. The van der Waals surface area contributed by atoms with Crippen molar-refractivity contribution in [2.45, 2.75) is 51.2 Å². The van der Waals surface area contributed by atoms with Crippen LogP contribution < -0.4 is 5.32 Å². The second kappa shape index (κ2) is 5.74. The summed E-state index contributed by atoms with van der Waals surface area (Å²) in [6, 6.07) is 2.88. The van der Waals surface area contributed by atoms with Crippen LogP contribution in [0.1, 0.15) is 38.7 Å². The molecule has 3 nitrogen and oxygen atoms in total. The standard InChI is InChI=1S/C16H24BrN3/c1-3-16(2)11-19-15(13-4-5-13)10-20(16)9-12-6-14(17)8-18-7-12/h6-8,13,15,19H,3-5,9-11H2,1-2H3. The Bertz CT molecular complexity index is 475. The third kappa shape index (κ3) is 3.07. The maximum Gasteiger partial charge on any atom is 0.0410 e.